The van der Waals surface area contributed by atoms with E-state index in [-0.39, 0.29) is 11.3 Å². The standard InChI is InChI=1S/C20H17ClN2O2/c1-14-18(12-13-19(24)15-8-10-16(21)11-9-15)20(25)23(22(14)2)17-6-4-3-5-7-17/h3-13H,1-2H3. The van der Waals surface area contributed by atoms with Crippen molar-refractivity contribution in [3.8, 4) is 5.69 Å². The summed E-state index contributed by atoms with van der Waals surface area (Å²) in [5.41, 5.74) is 2.42. The number of halogens is 1. The smallest absolute Gasteiger partial charge is 0.278 e. The number of carbonyl (C=O) groups is 1. The fraction of sp³-hybridized carbons (Fsp3) is 0.100. The number of aromatic nitrogens is 2. The Kier molecular flexibility index (Phi) is 4.72. The van der Waals surface area contributed by atoms with Crippen LogP contribution < -0.4 is 5.56 Å². The molecule has 0 radical (unpaired) electrons. The molecule has 0 fully saturated rings. The lowest BCUT2D eigenvalue weighted by Crippen LogP contribution is -2.20. The first kappa shape index (κ1) is 17.0. The number of hydrogen-bond acceptors (Lipinski definition) is 2. The molecule has 2 aromatic carbocycles. The SMILES string of the molecule is Cc1c(C=CC(=O)c2ccc(Cl)cc2)c(=O)n(-c2ccccc2)n1C. The van der Waals surface area contributed by atoms with E-state index >= 15 is 0 Å². The van der Waals surface area contributed by atoms with Gasteiger partial charge in [-0.05, 0) is 55.5 Å². The molecule has 0 saturated carbocycles. The summed E-state index contributed by atoms with van der Waals surface area (Å²) in [5.74, 6) is -0.175. The lowest BCUT2D eigenvalue weighted by atomic mass is 10.1. The highest BCUT2D eigenvalue weighted by atomic mass is 35.5. The van der Waals surface area contributed by atoms with Gasteiger partial charge in [0.25, 0.3) is 5.56 Å². The Labute approximate surface area is 150 Å². The molecular weight excluding hydrogens is 336 g/mol. The van der Waals surface area contributed by atoms with E-state index in [1.807, 2.05) is 44.3 Å². The number of carbonyl (C=O) groups excluding carboxylic acids is 1. The molecule has 3 aromatic rings. The van der Waals surface area contributed by atoms with E-state index in [1.54, 1.807) is 39.7 Å². The number of allylic oxidation sites excluding steroid dienone is 1. The van der Waals surface area contributed by atoms with Crippen LogP contribution in [0, 0.1) is 6.92 Å². The van der Waals surface area contributed by atoms with Gasteiger partial charge in [0.2, 0.25) is 0 Å². The van der Waals surface area contributed by atoms with Crippen molar-refractivity contribution in [3.05, 3.63) is 92.9 Å². The topological polar surface area (TPSA) is 44.0 Å². The summed E-state index contributed by atoms with van der Waals surface area (Å²) < 4.78 is 3.37. The molecule has 0 amide bonds. The molecule has 0 N–H and O–H groups in total. The molecule has 0 aliphatic rings. The Hall–Kier alpha value is -2.85. The summed E-state index contributed by atoms with van der Waals surface area (Å²) in [5, 5.41) is 0.574. The minimum Gasteiger partial charge on any atom is -0.289 e. The lowest BCUT2D eigenvalue weighted by Gasteiger charge is -2.07. The largest absolute Gasteiger partial charge is 0.289 e. The van der Waals surface area contributed by atoms with Crippen LogP contribution in [0.5, 0.6) is 0 Å². The zero-order valence-corrected chi connectivity index (χ0v) is 14.7. The molecule has 4 nitrogen and oxygen atoms in total. The fourth-order valence-corrected chi connectivity index (χ4v) is 2.78. The zero-order chi connectivity index (χ0) is 18.0. The van der Waals surface area contributed by atoms with E-state index in [1.165, 1.54) is 6.08 Å². The summed E-state index contributed by atoms with van der Waals surface area (Å²) in [6, 6.07) is 16.0. The second-order valence-electron chi connectivity index (χ2n) is 5.68. The second-order valence-corrected chi connectivity index (χ2v) is 6.12. The number of benzene rings is 2. The van der Waals surface area contributed by atoms with Crippen molar-refractivity contribution in [1.82, 2.24) is 9.36 Å². The van der Waals surface area contributed by atoms with Crippen molar-refractivity contribution in [2.45, 2.75) is 6.92 Å². The minimum absolute atomic E-state index is 0.161. The minimum atomic E-state index is -0.175. The van der Waals surface area contributed by atoms with Gasteiger partial charge in [0.1, 0.15) is 0 Å². The van der Waals surface area contributed by atoms with Crippen LogP contribution in [0.1, 0.15) is 21.6 Å². The first-order valence-corrected chi connectivity index (χ1v) is 8.19. The molecule has 0 spiro atoms. The van der Waals surface area contributed by atoms with Gasteiger partial charge < -0.3 is 0 Å². The summed E-state index contributed by atoms with van der Waals surface area (Å²) >= 11 is 5.83. The molecule has 0 bridgehead atoms. The summed E-state index contributed by atoms with van der Waals surface area (Å²) in [7, 11) is 1.82. The van der Waals surface area contributed by atoms with Crippen LogP contribution in [-0.4, -0.2) is 15.1 Å². The fourth-order valence-electron chi connectivity index (χ4n) is 2.65. The van der Waals surface area contributed by atoms with E-state index in [9.17, 15) is 9.59 Å². The molecule has 5 heteroatoms. The van der Waals surface area contributed by atoms with Gasteiger partial charge in [0.15, 0.2) is 5.78 Å². The van der Waals surface area contributed by atoms with Crippen molar-refractivity contribution in [2.24, 2.45) is 7.05 Å². The molecule has 3 rings (SSSR count). The third kappa shape index (κ3) is 3.35. The number of rotatable bonds is 4. The Balaban J connectivity index is 1.97. The molecule has 0 aliphatic carbocycles. The Morgan fingerprint density at radius 3 is 2.32 bits per heavy atom. The van der Waals surface area contributed by atoms with Crippen molar-refractivity contribution in [1.29, 1.82) is 0 Å². The van der Waals surface area contributed by atoms with E-state index < -0.39 is 0 Å². The molecule has 0 unspecified atom stereocenters. The van der Waals surface area contributed by atoms with Crippen LogP contribution >= 0.6 is 11.6 Å². The predicted octanol–water partition coefficient (Wildman–Crippen LogP) is 4.03. The third-order valence-electron chi connectivity index (χ3n) is 4.13. The highest BCUT2D eigenvalue weighted by Gasteiger charge is 2.14. The number of para-hydroxylation sites is 1. The zero-order valence-electron chi connectivity index (χ0n) is 13.9. The maximum absolute atomic E-state index is 12.8. The van der Waals surface area contributed by atoms with E-state index in [4.69, 9.17) is 11.6 Å². The van der Waals surface area contributed by atoms with Crippen LogP contribution in [0.15, 0.2) is 65.5 Å². The Morgan fingerprint density at radius 2 is 1.68 bits per heavy atom. The number of ketones is 1. The molecule has 1 heterocycles. The Morgan fingerprint density at radius 1 is 1.04 bits per heavy atom. The van der Waals surface area contributed by atoms with Crippen molar-refractivity contribution in [3.63, 3.8) is 0 Å². The van der Waals surface area contributed by atoms with Crippen LogP contribution in [0.4, 0.5) is 0 Å². The number of nitrogens with zero attached hydrogens (tertiary/aromatic N) is 2. The van der Waals surface area contributed by atoms with Gasteiger partial charge in [-0.25, -0.2) is 4.68 Å². The van der Waals surface area contributed by atoms with Crippen LogP contribution in [-0.2, 0) is 7.05 Å². The van der Waals surface area contributed by atoms with Crippen LogP contribution in [0.2, 0.25) is 5.02 Å². The van der Waals surface area contributed by atoms with Gasteiger partial charge in [0.05, 0.1) is 11.3 Å². The lowest BCUT2D eigenvalue weighted by molar-refractivity contribution is 0.104. The molecule has 0 atom stereocenters. The second kappa shape index (κ2) is 6.95. The summed E-state index contributed by atoms with van der Waals surface area (Å²) in [6.07, 6.45) is 3.00. The van der Waals surface area contributed by atoms with Crippen LogP contribution in [0.25, 0.3) is 11.8 Å². The van der Waals surface area contributed by atoms with Crippen molar-refractivity contribution < 1.29 is 4.79 Å². The maximum Gasteiger partial charge on any atom is 0.278 e. The molecule has 1 aromatic heterocycles. The van der Waals surface area contributed by atoms with Gasteiger partial charge in [-0.2, -0.15) is 0 Å². The third-order valence-corrected chi connectivity index (χ3v) is 4.38. The highest BCUT2D eigenvalue weighted by molar-refractivity contribution is 6.30. The van der Waals surface area contributed by atoms with Crippen molar-refractivity contribution in [2.75, 3.05) is 0 Å². The molecule has 25 heavy (non-hydrogen) atoms. The first-order valence-electron chi connectivity index (χ1n) is 7.81. The highest BCUT2D eigenvalue weighted by Crippen LogP contribution is 2.13. The van der Waals surface area contributed by atoms with Gasteiger partial charge in [-0.15, -0.1) is 0 Å². The quantitative estimate of drug-likeness (QED) is 0.525. The van der Waals surface area contributed by atoms with E-state index in [0.717, 1.165) is 11.4 Å². The van der Waals surface area contributed by atoms with Crippen LogP contribution in [0.3, 0.4) is 0 Å². The summed E-state index contributed by atoms with van der Waals surface area (Å²) in [6.45, 7) is 1.85. The predicted molar refractivity (Wildman–Crippen MR) is 101 cm³/mol. The number of hydrogen-bond donors (Lipinski definition) is 0. The normalized spacial score (nSPS) is 11.2. The molecule has 0 aliphatic heterocycles. The molecule has 126 valence electrons. The summed E-state index contributed by atoms with van der Waals surface area (Å²) in [4.78, 5) is 25.0. The molecule has 0 saturated heterocycles. The van der Waals surface area contributed by atoms with E-state index in [2.05, 4.69) is 0 Å². The van der Waals surface area contributed by atoms with Gasteiger partial charge >= 0.3 is 0 Å². The molecular formula is C20H17ClN2O2. The monoisotopic (exact) mass is 352 g/mol. The average molecular weight is 353 g/mol. The maximum atomic E-state index is 12.8. The van der Waals surface area contributed by atoms with Gasteiger partial charge in [-0.3, -0.25) is 14.3 Å². The Bertz CT molecular complexity index is 997. The first-order chi connectivity index (χ1) is 12.0. The van der Waals surface area contributed by atoms with Gasteiger partial charge in [-0.1, -0.05) is 29.8 Å². The van der Waals surface area contributed by atoms with Gasteiger partial charge in [0, 0.05) is 23.3 Å². The van der Waals surface area contributed by atoms with Crippen molar-refractivity contribution >= 4 is 23.5 Å². The van der Waals surface area contributed by atoms with E-state index in [0.29, 0.717) is 16.1 Å². The average Bonchev–Trinajstić information content (AvgIpc) is 2.83.